The SMILES string of the molecule is COc1ccccc1CCNCc1nn(Cc2ccccc2C)nc1-c1ccccc1. The lowest BCUT2D eigenvalue weighted by Crippen LogP contribution is -2.18. The Balaban J connectivity index is 1.49. The molecule has 0 radical (unpaired) electrons. The fourth-order valence-electron chi connectivity index (χ4n) is 3.67. The molecule has 0 bridgehead atoms. The van der Waals surface area contributed by atoms with Crippen molar-refractivity contribution in [3.8, 4) is 17.0 Å². The van der Waals surface area contributed by atoms with Gasteiger partial charge < -0.3 is 10.1 Å². The number of nitrogens with one attached hydrogen (secondary N) is 1. The number of rotatable bonds is 9. The van der Waals surface area contributed by atoms with Crippen LogP contribution in [0.2, 0.25) is 0 Å². The zero-order valence-electron chi connectivity index (χ0n) is 18.1. The van der Waals surface area contributed by atoms with Gasteiger partial charge in [-0.2, -0.15) is 15.0 Å². The molecule has 31 heavy (non-hydrogen) atoms. The van der Waals surface area contributed by atoms with Crippen LogP contribution in [-0.4, -0.2) is 28.6 Å². The van der Waals surface area contributed by atoms with Crippen LogP contribution in [0, 0.1) is 6.92 Å². The summed E-state index contributed by atoms with van der Waals surface area (Å²) in [7, 11) is 1.71. The molecule has 0 spiro atoms. The molecule has 0 aliphatic rings. The average Bonchev–Trinajstić information content (AvgIpc) is 3.21. The molecule has 3 aromatic carbocycles. The maximum Gasteiger partial charge on any atom is 0.122 e. The number of benzene rings is 3. The summed E-state index contributed by atoms with van der Waals surface area (Å²) in [5, 5.41) is 13.2. The van der Waals surface area contributed by atoms with Crippen molar-refractivity contribution in [1.82, 2.24) is 20.3 Å². The Bertz CT molecular complexity index is 1120. The number of hydrogen-bond donors (Lipinski definition) is 1. The Labute approximate surface area is 183 Å². The van der Waals surface area contributed by atoms with Gasteiger partial charge in [-0.1, -0.05) is 72.8 Å². The first kappa shape index (κ1) is 20.8. The second kappa shape index (κ2) is 10.0. The summed E-state index contributed by atoms with van der Waals surface area (Å²) in [5.41, 5.74) is 6.65. The maximum absolute atomic E-state index is 5.45. The molecule has 1 aromatic heterocycles. The van der Waals surface area contributed by atoms with Crippen LogP contribution in [0.4, 0.5) is 0 Å². The molecule has 4 aromatic rings. The summed E-state index contributed by atoms with van der Waals surface area (Å²) in [4.78, 5) is 1.81. The molecule has 1 N–H and O–H groups in total. The number of aromatic nitrogens is 3. The number of hydrogen-bond acceptors (Lipinski definition) is 4. The lowest BCUT2D eigenvalue weighted by Gasteiger charge is -2.08. The molecule has 4 rings (SSSR count). The third kappa shape index (κ3) is 5.19. The summed E-state index contributed by atoms with van der Waals surface area (Å²) >= 11 is 0. The van der Waals surface area contributed by atoms with E-state index in [0.717, 1.165) is 35.7 Å². The summed E-state index contributed by atoms with van der Waals surface area (Å²) in [5.74, 6) is 0.929. The number of methoxy groups -OCH3 is 1. The minimum Gasteiger partial charge on any atom is -0.496 e. The van der Waals surface area contributed by atoms with E-state index in [0.29, 0.717) is 13.1 Å². The van der Waals surface area contributed by atoms with E-state index in [1.165, 1.54) is 16.7 Å². The Kier molecular flexibility index (Phi) is 6.75. The van der Waals surface area contributed by atoms with Crippen LogP contribution in [0.1, 0.15) is 22.4 Å². The first-order chi connectivity index (χ1) is 15.2. The van der Waals surface area contributed by atoms with Crippen molar-refractivity contribution in [2.45, 2.75) is 26.4 Å². The maximum atomic E-state index is 5.45. The Hall–Kier alpha value is -3.44. The molecule has 0 aliphatic carbocycles. The van der Waals surface area contributed by atoms with Gasteiger partial charge in [0.15, 0.2) is 0 Å². The van der Waals surface area contributed by atoms with Gasteiger partial charge in [0.25, 0.3) is 0 Å². The monoisotopic (exact) mass is 412 g/mol. The van der Waals surface area contributed by atoms with Gasteiger partial charge in [0.2, 0.25) is 0 Å². The van der Waals surface area contributed by atoms with Gasteiger partial charge in [0.1, 0.15) is 17.1 Å². The van der Waals surface area contributed by atoms with Crippen LogP contribution in [0.15, 0.2) is 78.9 Å². The lowest BCUT2D eigenvalue weighted by molar-refractivity contribution is 0.409. The number of aryl methyl sites for hydroxylation is 1. The highest BCUT2D eigenvalue weighted by Crippen LogP contribution is 2.21. The van der Waals surface area contributed by atoms with E-state index in [1.54, 1.807) is 7.11 Å². The molecule has 0 amide bonds. The average molecular weight is 413 g/mol. The zero-order valence-corrected chi connectivity index (χ0v) is 18.1. The molecule has 0 saturated heterocycles. The van der Waals surface area contributed by atoms with Gasteiger partial charge in [-0.15, -0.1) is 0 Å². The van der Waals surface area contributed by atoms with Gasteiger partial charge in [-0.05, 0) is 42.6 Å². The summed E-state index contributed by atoms with van der Waals surface area (Å²) in [6, 6.07) is 26.8. The Morgan fingerprint density at radius 1 is 0.839 bits per heavy atom. The molecule has 0 atom stereocenters. The molecule has 0 fully saturated rings. The van der Waals surface area contributed by atoms with Gasteiger partial charge in [-0.3, -0.25) is 0 Å². The summed E-state index contributed by atoms with van der Waals surface area (Å²) < 4.78 is 5.45. The third-order valence-corrected chi connectivity index (χ3v) is 5.40. The highest BCUT2D eigenvalue weighted by atomic mass is 16.5. The van der Waals surface area contributed by atoms with Crippen molar-refractivity contribution < 1.29 is 4.74 Å². The van der Waals surface area contributed by atoms with Crippen molar-refractivity contribution in [1.29, 1.82) is 0 Å². The van der Waals surface area contributed by atoms with Gasteiger partial charge in [-0.25, -0.2) is 0 Å². The fourth-order valence-corrected chi connectivity index (χ4v) is 3.67. The van der Waals surface area contributed by atoms with Crippen LogP contribution in [-0.2, 0) is 19.5 Å². The number of para-hydroxylation sites is 1. The molecule has 158 valence electrons. The Morgan fingerprint density at radius 3 is 2.32 bits per heavy atom. The van der Waals surface area contributed by atoms with Crippen molar-refractivity contribution in [3.05, 3.63) is 101 Å². The van der Waals surface area contributed by atoms with Gasteiger partial charge in [0, 0.05) is 12.1 Å². The smallest absolute Gasteiger partial charge is 0.122 e. The molecule has 0 unspecified atom stereocenters. The molecular weight excluding hydrogens is 384 g/mol. The van der Waals surface area contributed by atoms with Crippen molar-refractivity contribution >= 4 is 0 Å². The normalized spacial score (nSPS) is 10.9. The third-order valence-electron chi connectivity index (χ3n) is 5.40. The topological polar surface area (TPSA) is 52.0 Å². The summed E-state index contributed by atoms with van der Waals surface area (Å²) in [6.07, 6.45) is 0.891. The summed E-state index contributed by atoms with van der Waals surface area (Å²) in [6.45, 7) is 4.28. The lowest BCUT2D eigenvalue weighted by atomic mass is 10.1. The number of ether oxygens (including phenoxy) is 1. The van der Waals surface area contributed by atoms with Crippen LogP contribution < -0.4 is 10.1 Å². The van der Waals surface area contributed by atoms with Crippen molar-refractivity contribution in [2.24, 2.45) is 0 Å². The highest BCUT2D eigenvalue weighted by molar-refractivity contribution is 5.60. The quantitative estimate of drug-likeness (QED) is 0.407. The standard InChI is InChI=1S/C26H28N4O/c1-20-10-6-7-14-23(20)19-30-28-24(26(29-30)22-12-4-3-5-13-22)18-27-17-16-21-11-8-9-15-25(21)31-2/h3-15,27H,16-19H2,1-2H3. The van der Waals surface area contributed by atoms with E-state index in [9.17, 15) is 0 Å². The molecular formula is C26H28N4O. The highest BCUT2D eigenvalue weighted by Gasteiger charge is 2.14. The van der Waals surface area contributed by atoms with Gasteiger partial charge >= 0.3 is 0 Å². The van der Waals surface area contributed by atoms with E-state index in [4.69, 9.17) is 14.9 Å². The number of nitrogens with zero attached hydrogens (tertiary/aromatic N) is 3. The molecule has 1 heterocycles. The second-order valence-corrected chi connectivity index (χ2v) is 7.56. The first-order valence-corrected chi connectivity index (χ1v) is 10.6. The van der Waals surface area contributed by atoms with Crippen LogP contribution in [0.3, 0.4) is 0 Å². The van der Waals surface area contributed by atoms with E-state index in [1.807, 2.05) is 41.2 Å². The van der Waals surface area contributed by atoms with Crippen molar-refractivity contribution in [3.63, 3.8) is 0 Å². The van der Waals surface area contributed by atoms with Crippen LogP contribution in [0.5, 0.6) is 5.75 Å². The predicted molar refractivity (Wildman–Crippen MR) is 124 cm³/mol. The van der Waals surface area contributed by atoms with E-state index >= 15 is 0 Å². The van der Waals surface area contributed by atoms with Crippen molar-refractivity contribution in [2.75, 3.05) is 13.7 Å². The molecule has 0 aliphatic heterocycles. The van der Waals surface area contributed by atoms with E-state index in [2.05, 4.69) is 54.7 Å². The zero-order chi connectivity index (χ0) is 21.5. The minimum absolute atomic E-state index is 0.660. The van der Waals surface area contributed by atoms with Crippen LogP contribution in [0.25, 0.3) is 11.3 Å². The molecule has 0 saturated carbocycles. The minimum atomic E-state index is 0.660. The van der Waals surface area contributed by atoms with E-state index < -0.39 is 0 Å². The van der Waals surface area contributed by atoms with E-state index in [-0.39, 0.29) is 0 Å². The second-order valence-electron chi connectivity index (χ2n) is 7.56. The predicted octanol–water partition coefficient (Wildman–Crippen LogP) is 4.64. The molecule has 5 nitrogen and oxygen atoms in total. The largest absolute Gasteiger partial charge is 0.496 e. The Morgan fingerprint density at radius 2 is 1.55 bits per heavy atom. The first-order valence-electron chi connectivity index (χ1n) is 10.6. The van der Waals surface area contributed by atoms with Gasteiger partial charge in [0.05, 0.1) is 13.7 Å². The molecule has 5 heteroatoms. The fraction of sp³-hybridized carbons (Fsp3) is 0.231. The van der Waals surface area contributed by atoms with Crippen LogP contribution >= 0.6 is 0 Å².